The summed E-state index contributed by atoms with van der Waals surface area (Å²) in [7, 11) is 0. The molecule has 11 nitrogen and oxygen atoms in total. The minimum absolute atomic E-state index is 0.210. The predicted octanol–water partition coefficient (Wildman–Crippen LogP) is 1.74. The number of H-pyrrole nitrogens is 2. The number of nitrogens with zero attached hydrogens (tertiary/aromatic N) is 6. The third-order valence-corrected chi connectivity index (χ3v) is 6.00. The topological polar surface area (TPSA) is 137 Å². The van der Waals surface area contributed by atoms with Crippen molar-refractivity contribution in [1.82, 2.24) is 40.1 Å². The smallest absolute Gasteiger partial charge is 0.272 e. The minimum Gasteiger partial charge on any atom is -0.352 e. The molecule has 164 valence electrons. The molecule has 1 aromatic carbocycles. The molecule has 5 aromatic rings. The lowest BCUT2D eigenvalue weighted by atomic mass is 9.98. The summed E-state index contributed by atoms with van der Waals surface area (Å²) >= 11 is 0. The zero-order chi connectivity index (χ0) is 22.4. The second kappa shape index (κ2) is 7.55. The van der Waals surface area contributed by atoms with Crippen LogP contribution in [0.5, 0.6) is 0 Å². The van der Waals surface area contributed by atoms with Gasteiger partial charge in [0.2, 0.25) is 0 Å². The molecule has 4 aromatic heterocycles. The molecule has 0 radical (unpaired) electrons. The Morgan fingerprint density at radius 3 is 3.03 bits per heavy atom. The van der Waals surface area contributed by atoms with Gasteiger partial charge in [-0.3, -0.25) is 19.8 Å². The van der Waals surface area contributed by atoms with Gasteiger partial charge in [0.05, 0.1) is 11.6 Å². The number of carbonyl (C=O) groups is 1. The number of hydrogen-bond acceptors (Lipinski definition) is 7. The number of para-hydroxylation sites is 1. The molecule has 11 heteroatoms. The lowest BCUT2D eigenvalue weighted by molar-refractivity contribution is 0.0954. The molecule has 0 spiro atoms. The number of fused-ring (bicyclic) bond motifs is 3. The van der Waals surface area contributed by atoms with E-state index >= 15 is 0 Å². The van der Waals surface area contributed by atoms with Gasteiger partial charge in [0.25, 0.3) is 11.5 Å². The van der Waals surface area contributed by atoms with Crippen molar-refractivity contribution in [3.63, 3.8) is 0 Å². The molecule has 1 atom stereocenters. The summed E-state index contributed by atoms with van der Waals surface area (Å²) in [5, 5.41) is 13.6. The lowest BCUT2D eigenvalue weighted by Crippen LogP contribution is -2.27. The number of aromatic nitrogens is 7. The number of benzene rings is 1. The van der Waals surface area contributed by atoms with Gasteiger partial charge in [-0.15, -0.1) is 0 Å². The Kier molecular flexibility index (Phi) is 4.39. The maximum Gasteiger partial charge on any atom is 0.272 e. The highest BCUT2D eigenvalue weighted by molar-refractivity contribution is 5.99. The first kappa shape index (κ1) is 19.2. The molecule has 33 heavy (non-hydrogen) atoms. The molecule has 1 aliphatic rings. The van der Waals surface area contributed by atoms with Gasteiger partial charge in [0.15, 0.2) is 11.3 Å². The largest absolute Gasteiger partial charge is 0.352 e. The molecule has 0 saturated heterocycles. The summed E-state index contributed by atoms with van der Waals surface area (Å²) in [5.74, 6) is 0.746. The van der Waals surface area contributed by atoms with Crippen LogP contribution in [0.25, 0.3) is 16.7 Å². The fourth-order valence-electron chi connectivity index (χ4n) is 4.45. The summed E-state index contributed by atoms with van der Waals surface area (Å²) in [6.45, 7) is 1.21. The predicted molar refractivity (Wildman–Crippen MR) is 121 cm³/mol. The minimum atomic E-state index is -0.272. The first-order chi connectivity index (χ1) is 16.2. The average Bonchev–Trinajstić information content (AvgIpc) is 3.56. The number of rotatable bonds is 5. The van der Waals surface area contributed by atoms with E-state index in [4.69, 9.17) is 0 Å². The van der Waals surface area contributed by atoms with Crippen molar-refractivity contribution < 1.29 is 4.79 Å². The highest BCUT2D eigenvalue weighted by Crippen LogP contribution is 2.42. The van der Waals surface area contributed by atoms with Crippen LogP contribution < -0.4 is 15.8 Å². The van der Waals surface area contributed by atoms with Crippen LogP contribution >= 0.6 is 0 Å². The quantitative estimate of drug-likeness (QED) is 0.378. The van der Waals surface area contributed by atoms with Gasteiger partial charge in [0, 0.05) is 43.2 Å². The Balaban J connectivity index is 1.21. The van der Waals surface area contributed by atoms with Gasteiger partial charge < -0.3 is 10.2 Å². The average molecular weight is 441 g/mol. The lowest BCUT2D eigenvalue weighted by Gasteiger charge is -2.19. The van der Waals surface area contributed by atoms with Gasteiger partial charge in [0.1, 0.15) is 17.7 Å². The second-order valence-electron chi connectivity index (χ2n) is 7.87. The summed E-state index contributed by atoms with van der Waals surface area (Å²) in [4.78, 5) is 39.7. The van der Waals surface area contributed by atoms with Crippen molar-refractivity contribution in [3.8, 4) is 0 Å². The Hall–Kier alpha value is -4.54. The van der Waals surface area contributed by atoms with Gasteiger partial charge in [-0.2, -0.15) is 5.10 Å². The SMILES string of the molecule is O=C(NCCC1CN(c2ncnc3[nH]ncc23)c2ccccc21)c1c[nH]n2c(=O)ccnc12. The number of aromatic amines is 2. The third-order valence-electron chi connectivity index (χ3n) is 6.00. The van der Waals surface area contributed by atoms with Crippen LogP contribution in [0.3, 0.4) is 0 Å². The Bertz CT molecular complexity index is 1550. The molecular formula is C22H19N9O2. The van der Waals surface area contributed by atoms with Gasteiger partial charge >= 0.3 is 0 Å². The van der Waals surface area contributed by atoms with Crippen LogP contribution in [0.1, 0.15) is 28.3 Å². The van der Waals surface area contributed by atoms with Crippen LogP contribution in [0.15, 0.2) is 60.0 Å². The molecule has 5 heterocycles. The van der Waals surface area contributed by atoms with E-state index in [2.05, 4.69) is 52.6 Å². The van der Waals surface area contributed by atoms with Gasteiger partial charge in [-0.1, -0.05) is 18.2 Å². The maximum absolute atomic E-state index is 12.7. The molecule has 6 rings (SSSR count). The van der Waals surface area contributed by atoms with Crippen LogP contribution in [-0.4, -0.2) is 53.8 Å². The van der Waals surface area contributed by atoms with Crippen molar-refractivity contribution in [2.75, 3.05) is 18.0 Å². The van der Waals surface area contributed by atoms with Crippen molar-refractivity contribution in [3.05, 3.63) is 76.7 Å². The first-order valence-corrected chi connectivity index (χ1v) is 10.5. The zero-order valence-electron chi connectivity index (χ0n) is 17.4. The maximum atomic E-state index is 12.7. The fraction of sp³-hybridized carbons (Fsp3) is 0.182. The summed E-state index contributed by atoms with van der Waals surface area (Å²) in [5.41, 5.74) is 3.38. The van der Waals surface area contributed by atoms with Crippen molar-refractivity contribution in [2.24, 2.45) is 0 Å². The van der Waals surface area contributed by atoms with Crippen LogP contribution in [0, 0.1) is 0 Å². The Labute approximate surface area is 186 Å². The number of carbonyl (C=O) groups excluding carboxylic acids is 1. The van der Waals surface area contributed by atoms with Crippen molar-refractivity contribution in [2.45, 2.75) is 12.3 Å². The summed E-state index contributed by atoms with van der Waals surface area (Å²) in [6, 6.07) is 9.57. The van der Waals surface area contributed by atoms with Crippen LogP contribution in [-0.2, 0) is 0 Å². The van der Waals surface area contributed by atoms with Crippen LogP contribution in [0.2, 0.25) is 0 Å². The first-order valence-electron chi connectivity index (χ1n) is 10.5. The van der Waals surface area contributed by atoms with Gasteiger partial charge in [-0.25, -0.2) is 19.5 Å². The van der Waals surface area contributed by atoms with E-state index in [9.17, 15) is 9.59 Å². The normalized spacial score (nSPS) is 15.3. The summed E-state index contributed by atoms with van der Waals surface area (Å²) in [6.07, 6.45) is 6.91. The van der Waals surface area contributed by atoms with E-state index in [-0.39, 0.29) is 17.4 Å². The zero-order valence-corrected chi connectivity index (χ0v) is 17.4. The third kappa shape index (κ3) is 3.13. The number of amides is 1. The number of nitrogens with one attached hydrogen (secondary N) is 3. The molecule has 1 aliphatic heterocycles. The molecule has 0 fully saturated rings. The second-order valence-corrected chi connectivity index (χ2v) is 7.87. The molecular weight excluding hydrogens is 422 g/mol. The van der Waals surface area contributed by atoms with E-state index < -0.39 is 0 Å². The molecule has 0 saturated carbocycles. The fourth-order valence-corrected chi connectivity index (χ4v) is 4.45. The molecule has 0 aliphatic carbocycles. The molecule has 1 unspecified atom stereocenters. The van der Waals surface area contributed by atoms with Crippen molar-refractivity contribution >= 4 is 34.1 Å². The number of hydrogen-bond donors (Lipinski definition) is 3. The Morgan fingerprint density at radius 2 is 2.09 bits per heavy atom. The van der Waals surface area contributed by atoms with E-state index in [0.717, 1.165) is 29.9 Å². The Morgan fingerprint density at radius 1 is 1.18 bits per heavy atom. The monoisotopic (exact) mass is 441 g/mol. The van der Waals surface area contributed by atoms with Crippen molar-refractivity contribution in [1.29, 1.82) is 0 Å². The number of anilines is 2. The van der Waals surface area contributed by atoms with Gasteiger partial charge in [-0.05, 0) is 18.1 Å². The van der Waals surface area contributed by atoms with Crippen LogP contribution in [0.4, 0.5) is 11.5 Å². The van der Waals surface area contributed by atoms with E-state index in [1.807, 2.05) is 12.1 Å². The highest BCUT2D eigenvalue weighted by Gasteiger charge is 2.31. The standard InChI is InChI=1S/C22H19N9O2/c32-18-6-8-23-21-16(10-28-31(18)21)22(33)24-7-5-13-11-30(17-4-2-1-3-14(13)17)20-15-9-27-29-19(15)25-12-26-20/h1-4,6,8-10,12-13,28H,5,7,11H2,(H,24,33)(H,25,26,27,29). The molecule has 1 amide bonds. The summed E-state index contributed by atoms with van der Waals surface area (Å²) < 4.78 is 1.25. The molecule has 0 bridgehead atoms. The molecule has 3 N–H and O–H groups in total. The van der Waals surface area contributed by atoms with E-state index in [1.165, 1.54) is 34.9 Å². The van der Waals surface area contributed by atoms with E-state index in [1.54, 1.807) is 6.20 Å². The highest BCUT2D eigenvalue weighted by atomic mass is 16.2. The van der Waals surface area contributed by atoms with E-state index in [0.29, 0.717) is 23.4 Å².